The molecular formula is C15H19NO3. The Hall–Kier alpha value is -1.84. The molecule has 1 amide bonds. The maximum atomic E-state index is 12.0. The summed E-state index contributed by atoms with van der Waals surface area (Å²) in [6.45, 7) is 4.57. The molecule has 0 saturated carbocycles. The minimum atomic E-state index is -0.321. The van der Waals surface area contributed by atoms with E-state index in [9.17, 15) is 9.59 Å². The molecule has 0 unspecified atom stereocenters. The Morgan fingerprint density at radius 1 is 1.42 bits per heavy atom. The lowest BCUT2D eigenvalue weighted by Crippen LogP contribution is -2.29. The lowest BCUT2D eigenvalue weighted by Gasteiger charge is -2.25. The summed E-state index contributed by atoms with van der Waals surface area (Å²) < 4.78 is 4.99. The number of likely N-dealkylation sites (tertiary alicyclic amines) is 1. The molecule has 0 bridgehead atoms. The molecule has 1 saturated heterocycles. The van der Waals surface area contributed by atoms with Crippen molar-refractivity contribution >= 4 is 11.9 Å². The zero-order chi connectivity index (χ0) is 13.8. The van der Waals surface area contributed by atoms with E-state index in [-0.39, 0.29) is 30.3 Å². The van der Waals surface area contributed by atoms with Gasteiger partial charge < -0.3 is 9.64 Å². The van der Waals surface area contributed by atoms with E-state index >= 15 is 0 Å². The number of benzene rings is 1. The maximum absolute atomic E-state index is 12.0. The zero-order valence-corrected chi connectivity index (χ0v) is 11.3. The lowest BCUT2D eigenvalue weighted by molar-refractivity contribution is -0.147. The van der Waals surface area contributed by atoms with Crippen LogP contribution >= 0.6 is 0 Å². The molecule has 0 aromatic heterocycles. The van der Waals surface area contributed by atoms with Gasteiger partial charge in [-0.25, -0.2) is 0 Å². The van der Waals surface area contributed by atoms with Gasteiger partial charge in [-0.3, -0.25) is 9.59 Å². The lowest BCUT2D eigenvalue weighted by atomic mass is 10.1. The molecule has 2 rings (SSSR count). The van der Waals surface area contributed by atoms with E-state index in [0.717, 1.165) is 5.56 Å². The molecule has 1 aliphatic rings. The molecule has 2 atom stereocenters. The van der Waals surface area contributed by atoms with Crippen molar-refractivity contribution in [1.29, 1.82) is 0 Å². The molecule has 0 radical (unpaired) electrons. The Bertz CT molecular complexity index is 458. The van der Waals surface area contributed by atoms with Crippen LogP contribution in [0.4, 0.5) is 0 Å². The van der Waals surface area contributed by atoms with E-state index in [1.807, 2.05) is 37.3 Å². The Morgan fingerprint density at radius 3 is 2.74 bits per heavy atom. The second-order valence-electron chi connectivity index (χ2n) is 4.79. The third kappa shape index (κ3) is 2.95. The Balaban J connectivity index is 2.06. The largest absolute Gasteiger partial charge is 0.466 e. The number of nitrogens with zero attached hydrogens (tertiary/aromatic N) is 1. The average Bonchev–Trinajstić information content (AvgIpc) is 2.81. The predicted octanol–water partition coefficient (Wildman–Crippen LogP) is 2.16. The summed E-state index contributed by atoms with van der Waals surface area (Å²) in [6, 6.07) is 9.84. The standard InChI is InChI=1S/C15H19NO3/c1-3-19-15(18)13-9-14(17)16(10-13)11(2)12-7-5-4-6-8-12/h4-8,11,13H,3,9-10H2,1-2H3/t11-,13+/m1/s1. The van der Waals surface area contributed by atoms with Gasteiger partial charge in [0.1, 0.15) is 0 Å². The highest BCUT2D eigenvalue weighted by Crippen LogP contribution is 2.28. The highest BCUT2D eigenvalue weighted by molar-refractivity contribution is 5.87. The zero-order valence-electron chi connectivity index (χ0n) is 11.3. The van der Waals surface area contributed by atoms with Gasteiger partial charge >= 0.3 is 5.97 Å². The van der Waals surface area contributed by atoms with Gasteiger partial charge in [0.25, 0.3) is 0 Å². The average molecular weight is 261 g/mol. The van der Waals surface area contributed by atoms with Crippen LogP contribution in [0.2, 0.25) is 0 Å². The van der Waals surface area contributed by atoms with Crippen molar-refractivity contribution in [2.24, 2.45) is 5.92 Å². The summed E-state index contributed by atoms with van der Waals surface area (Å²) in [5.41, 5.74) is 1.08. The van der Waals surface area contributed by atoms with Gasteiger partial charge in [0.15, 0.2) is 0 Å². The first-order valence-electron chi connectivity index (χ1n) is 6.64. The van der Waals surface area contributed by atoms with E-state index < -0.39 is 0 Å². The van der Waals surface area contributed by atoms with Crippen molar-refractivity contribution in [3.05, 3.63) is 35.9 Å². The van der Waals surface area contributed by atoms with Gasteiger partial charge in [-0.05, 0) is 19.4 Å². The smallest absolute Gasteiger partial charge is 0.311 e. The van der Waals surface area contributed by atoms with Crippen molar-refractivity contribution < 1.29 is 14.3 Å². The summed E-state index contributed by atoms with van der Waals surface area (Å²) in [5.74, 6) is -0.563. The first-order chi connectivity index (χ1) is 9.13. The van der Waals surface area contributed by atoms with Crippen molar-refractivity contribution in [1.82, 2.24) is 4.90 Å². The van der Waals surface area contributed by atoms with Gasteiger partial charge in [0.2, 0.25) is 5.91 Å². The molecule has 1 fully saturated rings. The number of hydrogen-bond acceptors (Lipinski definition) is 3. The number of esters is 1. The minimum absolute atomic E-state index is 0.00636. The van der Waals surface area contributed by atoms with Gasteiger partial charge in [-0.2, -0.15) is 0 Å². The number of rotatable bonds is 4. The van der Waals surface area contributed by atoms with Crippen molar-refractivity contribution in [3.8, 4) is 0 Å². The molecule has 0 spiro atoms. The van der Waals surface area contributed by atoms with Crippen LogP contribution in [0.1, 0.15) is 31.9 Å². The second-order valence-corrected chi connectivity index (χ2v) is 4.79. The number of hydrogen-bond donors (Lipinski definition) is 0. The third-order valence-corrected chi connectivity index (χ3v) is 3.53. The molecule has 1 aromatic carbocycles. The number of carbonyl (C=O) groups is 2. The summed E-state index contributed by atoms with van der Waals surface area (Å²) in [6.07, 6.45) is 0.260. The second kappa shape index (κ2) is 5.87. The summed E-state index contributed by atoms with van der Waals surface area (Å²) in [7, 11) is 0. The van der Waals surface area contributed by atoms with Crippen molar-refractivity contribution in [2.75, 3.05) is 13.2 Å². The van der Waals surface area contributed by atoms with Crippen molar-refractivity contribution in [3.63, 3.8) is 0 Å². The van der Waals surface area contributed by atoms with Crippen LogP contribution < -0.4 is 0 Å². The first kappa shape index (κ1) is 13.6. The van der Waals surface area contributed by atoms with Crippen LogP contribution in [0, 0.1) is 5.92 Å². The van der Waals surface area contributed by atoms with Crippen LogP contribution in [-0.4, -0.2) is 29.9 Å². The molecule has 4 nitrogen and oxygen atoms in total. The third-order valence-electron chi connectivity index (χ3n) is 3.53. The first-order valence-corrected chi connectivity index (χ1v) is 6.64. The molecule has 1 heterocycles. The molecule has 19 heavy (non-hydrogen) atoms. The quantitative estimate of drug-likeness (QED) is 0.780. The Morgan fingerprint density at radius 2 is 2.11 bits per heavy atom. The molecule has 102 valence electrons. The molecule has 0 N–H and O–H groups in total. The van der Waals surface area contributed by atoms with E-state index in [1.54, 1.807) is 11.8 Å². The van der Waals surface area contributed by atoms with Gasteiger partial charge in [-0.15, -0.1) is 0 Å². The fourth-order valence-electron chi connectivity index (χ4n) is 2.44. The fraction of sp³-hybridized carbons (Fsp3) is 0.467. The van der Waals surface area contributed by atoms with E-state index in [0.29, 0.717) is 13.2 Å². The molecular weight excluding hydrogens is 242 g/mol. The van der Waals surface area contributed by atoms with E-state index in [4.69, 9.17) is 4.74 Å². The Labute approximate surface area is 113 Å². The number of carbonyl (C=O) groups excluding carboxylic acids is 2. The van der Waals surface area contributed by atoms with Crippen LogP contribution in [0.25, 0.3) is 0 Å². The van der Waals surface area contributed by atoms with Crippen LogP contribution in [0.5, 0.6) is 0 Å². The molecule has 1 aromatic rings. The topological polar surface area (TPSA) is 46.6 Å². The monoisotopic (exact) mass is 261 g/mol. The normalized spacial score (nSPS) is 20.4. The SMILES string of the molecule is CCOC(=O)[C@H]1CC(=O)N([C@H](C)c2ccccc2)C1. The van der Waals surface area contributed by atoms with Crippen LogP contribution in [-0.2, 0) is 14.3 Å². The fourth-order valence-corrected chi connectivity index (χ4v) is 2.44. The number of amides is 1. The summed E-state index contributed by atoms with van der Waals surface area (Å²) >= 11 is 0. The van der Waals surface area contributed by atoms with E-state index in [1.165, 1.54) is 0 Å². The summed E-state index contributed by atoms with van der Waals surface area (Å²) in [5, 5.41) is 0. The molecule has 1 aliphatic heterocycles. The predicted molar refractivity (Wildman–Crippen MR) is 71.3 cm³/mol. The van der Waals surface area contributed by atoms with Crippen LogP contribution in [0.15, 0.2) is 30.3 Å². The molecule has 0 aliphatic carbocycles. The molecule has 4 heteroatoms. The highest BCUT2D eigenvalue weighted by atomic mass is 16.5. The Kier molecular flexibility index (Phi) is 4.20. The van der Waals surface area contributed by atoms with Gasteiger partial charge in [-0.1, -0.05) is 30.3 Å². The van der Waals surface area contributed by atoms with E-state index in [2.05, 4.69) is 0 Å². The van der Waals surface area contributed by atoms with Gasteiger partial charge in [0.05, 0.1) is 18.6 Å². The number of ether oxygens (including phenoxy) is 1. The maximum Gasteiger partial charge on any atom is 0.311 e. The van der Waals surface area contributed by atoms with Gasteiger partial charge in [0, 0.05) is 13.0 Å². The minimum Gasteiger partial charge on any atom is -0.466 e. The summed E-state index contributed by atoms with van der Waals surface area (Å²) in [4.78, 5) is 25.5. The highest BCUT2D eigenvalue weighted by Gasteiger charge is 2.37. The van der Waals surface area contributed by atoms with Crippen molar-refractivity contribution in [2.45, 2.75) is 26.3 Å². The van der Waals surface area contributed by atoms with Crippen LogP contribution in [0.3, 0.4) is 0 Å².